The van der Waals surface area contributed by atoms with Crippen LogP contribution in [0.2, 0.25) is 0 Å². The zero-order chi connectivity index (χ0) is 17.6. The molecule has 0 saturated carbocycles. The van der Waals surface area contributed by atoms with Gasteiger partial charge in [0.15, 0.2) is 5.17 Å². The van der Waals surface area contributed by atoms with Gasteiger partial charge in [0, 0.05) is 4.90 Å². The van der Waals surface area contributed by atoms with Crippen LogP contribution in [0.15, 0.2) is 58.4 Å². The fraction of sp³-hybridized carbons (Fsp3) is 0.176. The van der Waals surface area contributed by atoms with Gasteiger partial charge in [0.25, 0.3) is 0 Å². The molecule has 1 aromatic heterocycles. The first-order valence-electron chi connectivity index (χ1n) is 7.61. The summed E-state index contributed by atoms with van der Waals surface area (Å²) in [5, 5.41) is 8.68. The lowest BCUT2D eigenvalue weighted by atomic mass is 10.3. The molecule has 1 heterocycles. The number of ether oxygens (including phenoxy) is 1. The topological polar surface area (TPSA) is 69.4 Å². The normalized spacial score (nSPS) is 11.7. The number of para-hydroxylation sites is 1. The molecule has 0 saturated heterocycles. The molecule has 25 heavy (non-hydrogen) atoms. The van der Waals surface area contributed by atoms with Crippen LogP contribution < -0.4 is 0 Å². The predicted octanol–water partition coefficient (Wildman–Crippen LogP) is 3.13. The minimum absolute atomic E-state index is 0.133. The van der Waals surface area contributed by atoms with E-state index in [0.29, 0.717) is 17.3 Å². The smallest absolute Gasteiger partial charge is 0.327 e. The monoisotopic (exact) mass is 358 g/mol. The SMILES string of the molecule is CCOC(=O)CN=C(Sc1ccc(F)cc1)n1nnc2ccccc21. The third-order valence-corrected chi connectivity index (χ3v) is 4.20. The van der Waals surface area contributed by atoms with Crippen molar-refractivity contribution in [1.29, 1.82) is 0 Å². The van der Waals surface area contributed by atoms with Crippen molar-refractivity contribution in [1.82, 2.24) is 15.0 Å². The van der Waals surface area contributed by atoms with E-state index in [1.807, 2.05) is 24.3 Å². The lowest BCUT2D eigenvalue weighted by Gasteiger charge is -2.07. The summed E-state index contributed by atoms with van der Waals surface area (Å²) in [6.45, 7) is 1.90. The quantitative estimate of drug-likeness (QED) is 0.310. The van der Waals surface area contributed by atoms with Crippen molar-refractivity contribution in [2.45, 2.75) is 11.8 Å². The molecule has 3 aromatic rings. The summed E-state index contributed by atoms with van der Waals surface area (Å²) in [6.07, 6.45) is 0. The van der Waals surface area contributed by atoms with Crippen LogP contribution in [0.25, 0.3) is 11.0 Å². The zero-order valence-electron chi connectivity index (χ0n) is 13.4. The van der Waals surface area contributed by atoms with E-state index in [4.69, 9.17) is 4.74 Å². The molecule has 0 aliphatic heterocycles. The Labute approximate surface area is 147 Å². The highest BCUT2D eigenvalue weighted by Crippen LogP contribution is 2.23. The molecule has 128 valence electrons. The number of benzene rings is 2. The van der Waals surface area contributed by atoms with E-state index >= 15 is 0 Å². The number of esters is 1. The molecule has 0 amide bonds. The third kappa shape index (κ3) is 4.21. The molecule has 0 bridgehead atoms. The highest BCUT2D eigenvalue weighted by Gasteiger charge is 2.13. The van der Waals surface area contributed by atoms with Crippen LogP contribution in [0.1, 0.15) is 6.92 Å². The zero-order valence-corrected chi connectivity index (χ0v) is 14.2. The van der Waals surface area contributed by atoms with E-state index in [2.05, 4.69) is 15.3 Å². The fourth-order valence-electron chi connectivity index (χ4n) is 2.10. The number of nitrogens with zero attached hydrogens (tertiary/aromatic N) is 4. The number of aliphatic imine (C=N–C) groups is 1. The molecule has 6 nitrogen and oxygen atoms in total. The number of rotatable bonds is 4. The minimum Gasteiger partial charge on any atom is -0.465 e. The van der Waals surface area contributed by atoms with Gasteiger partial charge in [-0.1, -0.05) is 29.1 Å². The lowest BCUT2D eigenvalue weighted by molar-refractivity contribution is -0.141. The lowest BCUT2D eigenvalue weighted by Crippen LogP contribution is -2.14. The van der Waals surface area contributed by atoms with Crippen molar-refractivity contribution >= 4 is 33.9 Å². The maximum Gasteiger partial charge on any atom is 0.327 e. The Balaban J connectivity index is 1.94. The van der Waals surface area contributed by atoms with Crippen LogP contribution in [-0.4, -0.2) is 39.3 Å². The Morgan fingerprint density at radius 1 is 1.24 bits per heavy atom. The number of hydrogen-bond acceptors (Lipinski definition) is 6. The van der Waals surface area contributed by atoms with Crippen LogP contribution >= 0.6 is 11.8 Å². The molecule has 3 rings (SSSR count). The molecule has 0 N–H and O–H groups in total. The highest BCUT2D eigenvalue weighted by molar-refractivity contribution is 8.13. The second-order valence-corrected chi connectivity index (χ2v) is 5.99. The van der Waals surface area contributed by atoms with Crippen LogP contribution in [-0.2, 0) is 9.53 Å². The number of aromatic nitrogens is 3. The standard InChI is InChI=1S/C17H15FN4O2S/c1-2-24-16(23)11-19-17(25-13-9-7-12(18)8-10-13)22-15-6-4-3-5-14(15)20-21-22/h3-10H,2,11H2,1H3. The number of thioether (sulfide) groups is 1. The van der Waals surface area contributed by atoms with Crippen molar-refractivity contribution in [2.75, 3.05) is 13.2 Å². The third-order valence-electron chi connectivity index (χ3n) is 3.20. The summed E-state index contributed by atoms with van der Waals surface area (Å²) in [6, 6.07) is 13.4. The molecular weight excluding hydrogens is 343 g/mol. The number of halogens is 1. The van der Waals surface area contributed by atoms with Crippen molar-refractivity contribution in [3.8, 4) is 0 Å². The maximum absolute atomic E-state index is 13.1. The first-order chi connectivity index (χ1) is 12.2. The molecule has 0 radical (unpaired) electrons. The average molecular weight is 358 g/mol. The minimum atomic E-state index is -0.427. The molecule has 0 aliphatic carbocycles. The molecule has 8 heteroatoms. The second-order valence-electron chi connectivity index (χ2n) is 4.95. The van der Waals surface area contributed by atoms with Crippen LogP contribution in [0.4, 0.5) is 4.39 Å². The second kappa shape index (κ2) is 7.89. The highest BCUT2D eigenvalue weighted by atomic mass is 32.2. The van der Waals surface area contributed by atoms with Crippen LogP contribution in [0.5, 0.6) is 0 Å². The molecule has 0 aliphatic rings. The van der Waals surface area contributed by atoms with Gasteiger partial charge in [-0.2, -0.15) is 4.68 Å². The van der Waals surface area contributed by atoms with Crippen LogP contribution in [0, 0.1) is 5.82 Å². The van der Waals surface area contributed by atoms with Crippen molar-refractivity contribution in [2.24, 2.45) is 4.99 Å². The summed E-state index contributed by atoms with van der Waals surface area (Å²) in [7, 11) is 0. The Morgan fingerprint density at radius 2 is 2.00 bits per heavy atom. The molecular formula is C17H15FN4O2S. The van der Waals surface area contributed by atoms with Gasteiger partial charge < -0.3 is 4.74 Å². The summed E-state index contributed by atoms with van der Waals surface area (Å²) >= 11 is 1.27. The van der Waals surface area contributed by atoms with Crippen LogP contribution in [0.3, 0.4) is 0 Å². The first kappa shape index (κ1) is 17.1. The molecule has 0 fully saturated rings. The summed E-state index contributed by atoms with van der Waals surface area (Å²) in [4.78, 5) is 16.7. The van der Waals surface area contributed by atoms with Gasteiger partial charge in [-0.15, -0.1) is 5.10 Å². The summed E-state index contributed by atoms with van der Waals surface area (Å²) < 4.78 is 19.6. The van der Waals surface area contributed by atoms with Gasteiger partial charge in [-0.05, 0) is 43.3 Å². The fourth-order valence-corrected chi connectivity index (χ4v) is 2.93. The largest absolute Gasteiger partial charge is 0.465 e. The van der Waals surface area contributed by atoms with Gasteiger partial charge in [-0.3, -0.25) is 4.79 Å². The van der Waals surface area contributed by atoms with E-state index in [9.17, 15) is 9.18 Å². The maximum atomic E-state index is 13.1. The number of fused-ring (bicyclic) bond motifs is 1. The van der Waals surface area contributed by atoms with Gasteiger partial charge in [0.05, 0.1) is 12.1 Å². The van der Waals surface area contributed by atoms with Gasteiger partial charge in [0.1, 0.15) is 17.9 Å². The summed E-state index contributed by atoms with van der Waals surface area (Å²) in [5.74, 6) is -0.746. The van der Waals surface area contributed by atoms with E-state index in [-0.39, 0.29) is 12.4 Å². The van der Waals surface area contributed by atoms with E-state index < -0.39 is 5.97 Å². The van der Waals surface area contributed by atoms with E-state index in [0.717, 1.165) is 10.4 Å². The number of hydrogen-bond donors (Lipinski definition) is 0. The van der Waals surface area contributed by atoms with Gasteiger partial charge >= 0.3 is 5.97 Å². The van der Waals surface area contributed by atoms with Gasteiger partial charge in [-0.25, -0.2) is 9.38 Å². The van der Waals surface area contributed by atoms with Crippen molar-refractivity contribution < 1.29 is 13.9 Å². The van der Waals surface area contributed by atoms with Gasteiger partial charge in [0.2, 0.25) is 0 Å². The van der Waals surface area contributed by atoms with E-state index in [1.54, 1.807) is 23.7 Å². The van der Waals surface area contributed by atoms with Crippen molar-refractivity contribution in [3.63, 3.8) is 0 Å². The Kier molecular flexibility index (Phi) is 5.39. The van der Waals surface area contributed by atoms with Crippen molar-refractivity contribution in [3.05, 3.63) is 54.3 Å². The first-order valence-corrected chi connectivity index (χ1v) is 8.43. The Morgan fingerprint density at radius 3 is 2.76 bits per heavy atom. The number of carbonyl (C=O) groups excluding carboxylic acids is 1. The summed E-state index contributed by atoms with van der Waals surface area (Å²) in [5.41, 5.74) is 1.48. The molecule has 2 aromatic carbocycles. The Hall–Kier alpha value is -2.74. The molecule has 0 spiro atoms. The molecule has 0 unspecified atom stereocenters. The Bertz CT molecular complexity index is 908. The average Bonchev–Trinajstić information content (AvgIpc) is 3.04. The van der Waals surface area contributed by atoms with E-state index in [1.165, 1.54) is 23.9 Å². The number of carbonyl (C=O) groups is 1. The molecule has 0 atom stereocenters. The predicted molar refractivity (Wildman–Crippen MR) is 94.1 cm³/mol.